The van der Waals surface area contributed by atoms with Gasteiger partial charge in [0.25, 0.3) is 0 Å². The van der Waals surface area contributed by atoms with Crippen LogP contribution in [-0.4, -0.2) is 22.5 Å². The number of rotatable bonds is 3. The number of hydrogen-bond acceptors (Lipinski definition) is 3. The quantitative estimate of drug-likeness (QED) is 0.621. The first kappa shape index (κ1) is 11.2. The molecule has 0 fully saturated rings. The molecule has 0 spiro atoms. The molecule has 0 amide bonds. The first-order valence-electron chi connectivity index (χ1n) is 5.26. The summed E-state index contributed by atoms with van der Waals surface area (Å²) in [7, 11) is 0. The van der Waals surface area contributed by atoms with Gasteiger partial charge >= 0.3 is 11.7 Å². The molecule has 0 aliphatic heterocycles. The van der Waals surface area contributed by atoms with E-state index in [1.807, 2.05) is 6.07 Å². The van der Waals surface area contributed by atoms with E-state index < -0.39 is 0 Å². The molecular formula is C12H12N2O3. The monoisotopic (exact) mass is 232 g/mol. The van der Waals surface area contributed by atoms with Gasteiger partial charge in [0.05, 0.1) is 17.6 Å². The van der Waals surface area contributed by atoms with E-state index in [1.165, 1.54) is 6.08 Å². The van der Waals surface area contributed by atoms with Gasteiger partial charge in [0.15, 0.2) is 0 Å². The Labute approximate surface area is 97.1 Å². The Morgan fingerprint density at radius 3 is 2.88 bits per heavy atom. The van der Waals surface area contributed by atoms with E-state index in [0.29, 0.717) is 12.1 Å². The zero-order chi connectivity index (χ0) is 12.3. The molecule has 0 saturated heterocycles. The van der Waals surface area contributed by atoms with Crippen molar-refractivity contribution in [2.45, 2.75) is 6.92 Å². The number of H-pyrrole nitrogens is 2. The molecule has 17 heavy (non-hydrogen) atoms. The van der Waals surface area contributed by atoms with Crippen molar-refractivity contribution in [3.63, 3.8) is 0 Å². The Bertz CT molecular complexity index is 622. The van der Waals surface area contributed by atoms with E-state index in [1.54, 1.807) is 25.1 Å². The number of ether oxygens (including phenoxy) is 1. The third-order valence-electron chi connectivity index (χ3n) is 2.24. The van der Waals surface area contributed by atoms with Crippen LogP contribution in [0, 0.1) is 0 Å². The van der Waals surface area contributed by atoms with Crippen LogP contribution in [0.3, 0.4) is 0 Å². The minimum atomic E-state index is -0.379. The number of aromatic nitrogens is 2. The van der Waals surface area contributed by atoms with Gasteiger partial charge < -0.3 is 14.7 Å². The van der Waals surface area contributed by atoms with Crippen molar-refractivity contribution in [1.29, 1.82) is 0 Å². The molecule has 2 N–H and O–H groups in total. The van der Waals surface area contributed by atoms with Gasteiger partial charge in [-0.3, -0.25) is 0 Å². The molecule has 0 aliphatic carbocycles. The second kappa shape index (κ2) is 4.69. The zero-order valence-electron chi connectivity index (χ0n) is 9.32. The molecular weight excluding hydrogens is 220 g/mol. The van der Waals surface area contributed by atoms with E-state index in [9.17, 15) is 9.59 Å². The molecule has 5 nitrogen and oxygen atoms in total. The molecule has 0 aliphatic rings. The Morgan fingerprint density at radius 2 is 2.12 bits per heavy atom. The van der Waals surface area contributed by atoms with Gasteiger partial charge in [0, 0.05) is 6.08 Å². The summed E-state index contributed by atoms with van der Waals surface area (Å²) in [5, 5.41) is 0. The highest BCUT2D eigenvalue weighted by Crippen LogP contribution is 2.11. The number of benzene rings is 1. The fraction of sp³-hybridized carbons (Fsp3) is 0.167. The number of carbonyl (C=O) groups excluding carboxylic acids is 1. The van der Waals surface area contributed by atoms with Gasteiger partial charge in [0.2, 0.25) is 0 Å². The van der Waals surface area contributed by atoms with Crippen LogP contribution in [-0.2, 0) is 9.53 Å². The standard InChI is InChI=1S/C12H12N2O3/c1-2-17-11(15)6-4-8-3-5-9-10(7-8)14-12(16)13-9/h3-7H,2H2,1H3,(H2,13,14,16). The van der Waals surface area contributed by atoms with Gasteiger partial charge in [-0.2, -0.15) is 0 Å². The van der Waals surface area contributed by atoms with Gasteiger partial charge in [-0.1, -0.05) is 6.07 Å². The summed E-state index contributed by atoms with van der Waals surface area (Å²) < 4.78 is 4.77. The summed E-state index contributed by atoms with van der Waals surface area (Å²) >= 11 is 0. The third kappa shape index (κ3) is 2.63. The Morgan fingerprint density at radius 1 is 1.35 bits per heavy atom. The minimum absolute atomic E-state index is 0.244. The fourth-order valence-electron chi connectivity index (χ4n) is 1.51. The largest absolute Gasteiger partial charge is 0.463 e. The lowest BCUT2D eigenvalue weighted by molar-refractivity contribution is -0.137. The SMILES string of the molecule is CCOC(=O)C=Cc1ccc2[nH]c(=O)[nH]c2c1. The summed E-state index contributed by atoms with van der Waals surface area (Å²) in [5.41, 5.74) is 2.02. The highest BCUT2D eigenvalue weighted by molar-refractivity contribution is 5.88. The van der Waals surface area contributed by atoms with Crippen LogP contribution in [0.4, 0.5) is 0 Å². The predicted octanol–water partition coefficient (Wildman–Crippen LogP) is 1.43. The maximum atomic E-state index is 11.1. The molecule has 0 unspecified atom stereocenters. The van der Waals surface area contributed by atoms with Gasteiger partial charge in [0.1, 0.15) is 0 Å². The summed E-state index contributed by atoms with van der Waals surface area (Å²) in [6.07, 6.45) is 3.00. The average molecular weight is 232 g/mol. The van der Waals surface area contributed by atoms with Crippen molar-refractivity contribution in [1.82, 2.24) is 9.97 Å². The van der Waals surface area contributed by atoms with Crippen molar-refractivity contribution < 1.29 is 9.53 Å². The number of imidazole rings is 1. The molecule has 88 valence electrons. The lowest BCUT2D eigenvalue weighted by atomic mass is 10.2. The lowest BCUT2D eigenvalue weighted by Crippen LogP contribution is -1.99. The first-order chi connectivity index (χ1) is 8.19. The number of fused-ring (bicyclic) bond motifs is 1. The van der Waals surface area contributed by atoms with Crippen molar-refractivity contribution in [3.8, 4) is 0 Å². The molecule has 0 atom stereocenters. The van der Waals surface area contributed by atoms with Gasteiger partial charge in [-0.05, 0) is 30.7 Å². The van der Waals surface area contributed by atoms with Crippen LogP contribution in [0.15, 0.2) is 29.1 Å². The molecule has 2 rings (SSSR count). The van der Waals surface area contributed by atoms with Gasteiger partial charge in [-0.25, -0.2) is 9.59 Å². The minimum Gasteiger partial charge on any atom is -0.463 e. The number of esters is 1. The van der Waals surface area contributed by atoms with E-state index >= 15 is 0 Å². The Hall–Kier alpha value is -2.30. The molecule has 1 aromatic carbocycles. The third-order valence-corrected chi connectivity index (χ3v) is 2.24. The fourth-order valence-corrected chi connectivity index (χ4v) is 1.51. The van der Waals surface area contributed by atoms with Crippen LogP contribution in [0.5, 0.6) is 0 Å². The van der Waals surface area contributed by atoms with Crippen LogP contribution in [0.25, 0.3) is 17.1 Å². The average Bonchev–Trinajstić information content (AvgIpc) is 2.66. The Kier molecular flexibility index (Phi) is 3.09. The normalized spacial score (nSPS) is 11.1. The molecule has 5 heteroatoms. The van der Waals surface area contributed by atoms with E-state index in [0.717, 1.165) is 11.1 Å². The summed E-state index contributed by atoms with van der Waals surface area (Å²) in [4.78, 5) is 27.5. The number of carbonyl (C=O) groups is 1. The van der Waals surface area contributed by atoms with Crippen LogP contribution in [0.1, 0.15) is 12.5 Å². The summed E-state index contributed by atoms with van der Waals surface area (Å²) in [6.45, 7) is 2.11. The zero-order valence-corrected chi connectivity index (χ0v) is 9.32. The van der Waals surface area contributed by atoms with Crippen molar-refractivity contribution >= 4 is 23.1 Å². The van der Waals surface area contributed by atoms with E-state index in [2.05, 4.69) is 9.97 Å². The lowest BCUT2D eigenvalue weighted by Gasteiger charge is -1.95. The van der Waals surface area contributed by atoms with E-state index in [4.69, 9.17) is 4.74 Å². The molecule has 1 heterocycles. The first-order valence-corrected chi connectivity index (χ1v) is 5.26. The van der Waals surface area contributed by atoms with Crippen molar-refractivity contribution in [2.24, 2.45) is 0 Å². The Balaban J connectivity index is 2.24. The molecule has 0 radical (unpaired) electrons. The molecule has 0 saturated carbocycles. The van der Waals surface area contributed by atoms with Crippen LogP contribution >= 0.6 is 0 Å². The molecule has 2 aromatic rings. The highest BCUT2D eigenvalue weighted by atomic mass is 16.5. The summed E-state index contributed by atoms with van der Waals surface area (Å²) in [5.74, 6) is -0.379. The number of aromatic amines is 2. The van der Waals surface area contributed by atoms with Crippen LogP contribution < -0.4 is 5.69 Å². The number of hydrogen-bond donors (Lipinski definition) is 2. The second-order valence-corrected chi connectivity index (χ2v) is 3.47. The van der Waals surface area contributed by atoms with Crippen LogP contribution in [0.2, 0.25) is 0 Å². The second-order valence-electron chi connectivity index (χ2n) is 3.47. The van der Waals surface area contributed by atoms with Gasteiger partial charge in [-0.15, -0.1) is 0 Å². The smallest absolute Gasteiger partial charge is 0.330 e. The molecule has 1 aromatic heterocycles. The number of nitrogens with one attached hydrogen (secondary N) is 2. The highest BCUT2D eigenvalue weighted by Gasteiger charge is 1.98. The van der Waals surface area contributed by atoms with Crippen molar-refractivity contribution in [2.75, 3.05) is 6.61 Å². The molecule has 0 bridgehead atoms. The summed E-state index contributed by atoms with van der Waals surface area (Å²) in [6, 6.07) is 5.36. The maximum Gasteiger partial charge on any atom is 0.330 e. The van der Waals surface area contributed by atoms with Crippen molar-refractivity contribution in [3.05, 3.63) is 40.3 Å². The topological polar surface area (TPSA) is 75.0 Å². The predicted molar refractivity (Wildman–Crippen MR) is 64.6 cm³/mol. The maximum absolute atomic E-state index is 11.1. The van der Waals surface area contributed by atoms with E-state index in [-0.39, 0.29) is 11.7 Å².